The summed E-state index contributed by atoms with van der Waals surface area (Å²) in [6.07, 6.45) is 10.3. The number of unbranched alkanes of at least 4 members (excludes halogenated alkanes) is 1. The lowest BCUT2D eigenvalue weighted by Crippen LogP contribution is -2.39. The Morgan fingerprint density at radius 3 is 2.43 bits per heavy atom. The normalized spacial score (nSPS) is 23.0. The molecular formula is C18H35NO2. The van der Waals surface area contributed by atoms with E-state index in [-0.39, 0.29) is 23.8 Å². The van der Waals surface area contributed by atoms with Crippen LogP contribution < -0.4 is 5.32 Å². The van der Waals surface area contributed by atoms with Gasteiger partial charge in [-0.1, -0.05) is 40.0 Å². The maximum Gasteiger partial charge on any atom is 0.223 e. The van der Waals surface area contributed by atoms with Gasteiger partial charge in [-0.15, -0.1) is 0 Å². The second kappa shape index (κ2) is 9.45. The van der Waals surface area contributed by atoms with Gasteiger partial charge in [-0.25, -0.2) is 0 Å². The lowest BCUT2D eigenvalue weighted by atomic mass is 9.79. The van der Waals surface area contributed by atoms with Crippen LogP contribution in [0.2, 0.25) is 0 Å². The predicted octanol–water partition coefficient (Wildman–Crippen LogP) is 3.90. The molecular weight excluding hydrogens is 262 g/mol. The van der Waals surface area contributed by atoms with Gasteiger partial charge < -0.3 is 10.4 Å². The number of carbonyl (C=O) groups is 1. The number of hydrogen-bond donors (Lipinski definition) is 2. The molecule has 1 fully saturated rings. The highest BCUT2D eigenvalue weighted by atomic mass is 16.2. The summed E-state index contributed by atoms with van der Waals surface area (Å²) in [5.74, 6) is 1.34. The van der Waals surface area contributed by atoms with E-state index >= 15 is 0 Å². The number of aliphatic hydroxyl groups excluding tert-OH is 1. The van der Waals surface area contributed by atoms with Gasteiger partial charge in [-0.2, -0.15) is 0 Å². The Morgan fingerprint density at radius 1 is 1.19 bits per heavy atom. The van der Waals surface area contributed by atoms with Gasteiger partial charge in [0, 0.05) is 19.1 Å². The summed E-state index contributed by atoms with van der Waals surface area (Å²) < 4.78 is 0. The molecule has 0 bridgehead atoms. The highest BCUT2D eigenvalue weighted by Gasteiger charge is 2.27. The summed E-state index contributed by atoms with van der Waals surface area (Å²) in [5, 5.41) is 12.0. The van der Waals surface area contributed by atoms with Crippen LogP contribution in [0.1, 0.15) is 78.6 Å². The van der Waals surface area contributed by atoms with Gasteiger partial charge in [0.05, 0.1) is 0 Å². The minimum Gasteiger partial charge on any atom is -0.396 e. The average molecular weight is 297 g/mol. The summed E-state index contributed by atoms with van der Waals surface area (Å²) in [4.78, 5) is 12.3. The zero-order chi connectivity index (χ0) is 15.7. The minimum absolute atomic E-state index is 0.0801. The molecule has 1 aliphatic rings. The van der Waals surface area contributed by atoms with Gasteiger partial charge in [0.2, 0.25) is 5.91 Å². The number of rotatable bonds is 9. The smallest absolute Gasteiger partial charge is 0.223 e. The van der Waals surface area contributed by atoms with Crippen LogP contribution in [0.3, 0.4) is 0 Å². The van der Waals surface area contributed by atoms with Gasteiger partial charge in [0.25, 0.3) is 0 Å². The van der Waals surface area contributed by atoms with Gasteiger partial charge >= 0.3 is 0 Å². The molecule has 1 amide bonds. The first-order valence-corrected chi connectivity index (χ1v) is 8.87. The van der Waals surface area contributed by atoms with Crippen molar-refractivity contribution in [3.63, 3.8) is 0 Å². The third-order valence-corrected chi connectivity index (χ3v) is 4.94. The largest absolute Gasteiger partial charge is 0.396 e. The third kappa shape index (κ3) is 7.30. The highest BCUT2D eigenvalue weighted by molar-refractivity contribution is 5.78. The van der Waals surface area contributed by atoms with Crippen molar-refractivity contribution in [1.29, 1.82) is 0 Å². The molecule has 3 nitrogen and oxygen atoms in total. The summed E-state index contributed by atoms with van der Waals surface area (Å²) in [6.45, 7) is 7.52. The van der Waals surface area contributed by atoms with E-state index in [1.807, 2.05) is 0 Å². The second-order valence-electron chi connectivity index (χ2n) is 7.57. The van der Waals surface area contributed by atoms with E-state index in [1.54, 1.807) is 0 Å². The topological polar surface area (TPSA) is 49.3 Å². The van der Waals surface area contributed by atoms with Crippen LogP contribution in [-0.2, 0) is 4.79 Å². The van der Waals surface area contributed by atoms with Gasteiger partial charge in [0.15, 0.2) is 0 Å². The van der Waals surface area contributed by atoms with Crippen LogP contribution in [0.4, 0.5) is 0 Å². The van der Waals surface area contributed by atoms with Crippen molar-refractivity contribution in [1.82, 2.24) is 5.32 Å². The van der Waals surface area contributed by atoms with E-state index < -0.39 is 0 Å². The monoisotopic (exact) mass is 297 g/mol. The van der Waals surface area contributed by atoms with Crippen LogP contribution in [0.5, 0.6) is 0 Å². The number of aliphatic hydroxyl groups is 1. The van der Waals surface area contributed by atoms with Crippen molar-refractivity contribution >= 4 is 5.91 Å². The third-order valence-electron chi connectivity index (χ3n) is 4.94. The Hall–Kier alpha value is -0.570. The van der Waals surface area contributed by atoms with Crippen LogP contribution in [0.25, 0.3) is 0 Å². The molecule has 0 spiro atoms. The van der Waals surface area contributed by atoms with Crippen molar-refractivity contribution in [3.05, 3.63) is 0 Å². The molecule has 1 saturated carbocycles. The first kappa shape index (κ1) is 18.5. The summed E-state index contributed by atoms with van der Waals surface area (Å²) in [7, 11) is 0. The van der Waals surface area contributed by atoms with Crippen molar-refractivity contribution in [2.24, 2.45) is 17.3 Å². The fraction of sp³-hybridized carbons (Fsp3) is 0.944. The number of carbonyl (C=O) groups excluding carboxylic acids is 1. The molecule has 3 heteroatoms. The zero-order valence-corrected chi connectivity index (χ0v) is 14.3. The number of nitrogens with one attached hydrogen (secondary N) is 1. The van der Waals surface area contributed by atoms with Crippen LogP contribution in [0, 0.1) is 17.3 Å². The van der Waals surface area contributed by atoms with E-state index in [2.05, 4.69) is 26.1 Å². The quantitative estimate of drug-likeness (QED) is 0.678. The lowest BCUT2D eigenvalue weighted by molar-refractivity contribution is -0.126. The Kier molecular flexibility index (Phi) is 8.31. The van der Waals surface area contributed by atoms with E-state index in [0.717, 1.165) is 38.1 Å². The Morgan fingerprint density at radius 2 is 1.86 bits per heavy atom. The zero-order valence-electron chi connectivity index (χ0n) is 14.3. The molecule has 1 aliphatic carbocycles. The number of amides is 1. The minimum atomic E-state index is 0.0801. The van der Waals surface area contributed by atoms with Gasteiger partial charge in [-0.05, 0) is 49.9 Å². The molecule has 0 aromatic heterocycles. The van der Waals surface area contributed by atoms with Gasteiger partial charge in [-0.3, -0.25) is 4.79 Å². The van der Waals surface area contributed by atoms with Crippen molar-refractivity contribution in [3.8, 4) is 0 Å². The Labute approximate surface area is 130 Å². The fourth-order valence-electron chi connectivity index (χ4n) is 3.32. The Balaban J connectivity index is 2.24. The molecule has 0 aromatic rings. The van der Waals surface area contributed by atoms with Crippen LogP contribution in [0.15, 0.2) is 0 Å². The molecule has 0 heterocycles. The van der Waals surface area contributed by atoms with Gasteiger partial charge in [0.1, 0.15) is 0 Å². The maximum absolute atomic E-state index is 12.3. The predicted molar refractivity (Wildman–Crippen MR) is 88.1 cm³/mol. The van der Waals surface area contributed by atoms with E-state index in [9.17, 15) is 4.79 Å². The van der Waals surface area contributed by atoms with E-state index in [4.69, 9.17) is 5.11 Å². The lowest BCUT2D eigenvalue weighted by Gasteiger charge is -2.30. The first-order chi connectivity index (χ1) is 9.98. The molecule has 0 atom stereocenters. The van der Waals surface area contributed by atoms with Crippen molar-refractivity contribution < 1.29 is 9.90 Å². The Bertz CT molecular complexity index is 294. The summed E-state index contributed by atoms with van der Waals surface area (Å²) in [5.41, 5.74) is 0.0801. The second-order valence-corrected chi connectivity index (χ2v) is 7.57. The average Bonchev–Trinajstić information content (AvgIpc) is 2.49. The fourth-order valence-corrected chi connectivity index (χ4v) is 3.32. The van der Waals surface area contributed by atoms with E-state index in [0.29, 0.717) is 0 Å². The molecule has 124 valence electrons. The molecule has 2 N–H and O–H groups in total. The molecule has 0 aliphatic heterocycles. The van der Waals surface area contributed by atoms with Crippen molar-refractivity contribution in [2.75, 3.05) is 13.2 Å². The molecule has 0 radical (unpaired) electrons. The molecule has 0 aromatic carbocycles. The first-order valence-electron chi connectivity index (χ1n) is 8.87. The maximum atomic E-state index is 12.3. The highest BCUT2D eigenvalue weighted by Crippen LogP contribution is 2.32. The molecule has 1 rings (SSSR count). The SMILES string of the molecule is CCCCC1CCC(C(=O)NCC(C)(C)CCCO)CC1. The molecule has 0 saturated heterocycles. The molecule has 0 unspecified atom stereocenters. The number of hydrogen-bond acceptors (Lipinski definition) is 2. The molecule has 21 heavy (non-hydrogen) atoms. The van der Waals surface area contributed by atoms with E-state index in [1.165, 1.54) is 32.1 Å². The van der Waals surface area contributed by atoms with Crippen LogP contribution >= 0.6 is 0 Å². The summed E-state index contributed by atoms with van der Waals surface area (Å²) >= 11 is 0. The standard InChI is InChI=1S/C18H35NO2/c1-4-5-7-15-8-10-16(11-9-15)17(21)19-14-18(2,3)12-6-13-20/h15-16,20H,4-14H2,1-3H3,(H,19,21). The van der Waals surface area contributed by atoms with Crippen LogP contribution in [-0.4, -0.2) is 24.2 Å². The van der Waals surface area contributed by atoms with Crippen molar-refractivity contribution in [2.45, 2.75) is 78.6 Å². The summed E-state index contributed by atoms with van der Waals surface area (Å²) in [6, 6.07) is 0.